The zero-order valence-corrected chi connectivity index (χ0v) is 6.98. The van der Waals surface area contributed by atoms with Crippen molar-refractivity contribution in [3.05, 3.63) is 42.6 Å². The summed E-state index contributed by atoms with van der Waals surface area (Å²) in [6.45, 7) is 3.67. The van der Waals surface area contributed by atoms with E-state index in [1.165, 1.54) is 5.19 Å². The third-order valence-electron chi connectivity index (χ3n) is 1.44. The van der Waals surface area contributed by atoms with Crippen LogP contribution in [0.4, 0.5) is 0 Å². The Labute approximate surface area is 62.9 Å². The van der Waals surface area contributed by atoms with Gasteiger partial charge in [-0.1, -0.05) is 36.0 Å². The van der Waals surface area contributed by atoms with Crippen molar-refractivity contribution in [1.29, 1.82) is 0 Å². The molecular weight excluding hydrogens is 138 g/mol. The average Bonchev–Trinajstić information content (AvgIpc) is 2.05. The minimum Gasteiger partial charge on any atom is -0.347 e. The quantitative estimate of drug-likeness (QED) is 0.601. The first-order valence-corrected chi connectivity index (χ1v) is 5.18. The van der Waals surface area contributed by atoms with Crippen LogP contribution in [-0.2, 0) is 0 Å². The maximum Gasteiger partial charge on any atom is 0.162 e. The Morgan fingerprint density at radius 1 is 1.30 bits per heavy atom. The predicted octanol–water partition coefficient (Wildman–Crippen LogP) is 0.301. The van der Waals surface area contributed by atoms with Gasteiger partial charge in [-0.05, 0) is 5.19 Å². The summed E-state index contributed by atoms with van der Waals surface area (Å²) >= 11 is 0. The molecule has 0 aliphatic heterocycles. The molecule has 0 bridgehead atoms. The van der Waals surface area contributed by atoms with Crippen LogP contribution in [0.2, 0.25) is 0 Å². The molecule has 1 rings (SSSR count). The topological polar surface area (TPSA) is 26.0 Å². The van der Waals surface area contributed by atoms with Crippen molar-refractivity contribution in [2.45, 2.75) is 0 Å². The molecule has 0 aromatic heterocycles. The van der Waals surface area contributed by atoms with E-state index in [-0.39, 0.29) is 0 Å². The highest BCUT2D eigenvalue weighted by atomic mass is 28.3. The molecule has 0 radical (unpaired) electrons. The summed E-state index contributed by atoms with van der Waals surface area (Å²) < 4.78 is 0. The molecule has 1 aromatic carbocycles. The molecule has 0 aliphatic carbocycles. The van der Waals surface area contributed by atoms with E-state index in [2.05, 4.69) is 18.7 Å². The van der Waals surface area contributed by atoms with Crippen LogP contribution in [0.5, 0.6) is 0 Å². The molecule has 52 valence electrons. The van der Waals surface area contributed by atoms with Gasteiger partial charge in [0.15, 0.2) is 8.96 Å². The zero-order valence-electron chi connectivity index (χ0n) is 5.83. The van der Waals surface area contributed by atoms with Gasteiger partial charge in [0.2, 0.25) is 0 Å². The first kappa shape index (κ1) is 7.25. The largest absolute Gasteiger partial charge is 0.347 e. The van der Waals surface area contributed by atoms with Crippen LogP contribution in [0.1, 0.15) is 0 Å². The summed E-state index contributed by atoms with van der Waals surface area (Å²) in [6.07, 6.45) is 0. The van der Waals surface area contributed by atoms with Gasteiger partial charge >= 0.3 is 0 Å². The Hall–Kier alpha value is -0.863. The summed E-state index contributed by atoms with van der Waals surface area (Å²) in [5, 5.41) is 7.06. The van der Waals surface area contributed by atoms with Gasteiger partial charge in [0.25, 0.3) is 0 Å². The monoisotopic (exact) mass is 149 g/mol. The Morgan fingerprint density at radius 2 is 1.90 bits per heavy atom. The summed E-state index contributed by atoms with van der Waals surface area (Å²) in [6, 6.07) is 10.1. The van der Waals surface area contributed by atoms with E-state index >= 15 is 0 Å². The fourth-order valence-electron chi connectivity index (χ4n) is 0.811. The normalized spacial score (nSPS) is 12.5. The smallest absolute Gasteiger partial charge is 0.162 e. The van der Waals surface area contributed by atoms with Gasteiger partial charge in [-0.3, -0.25) is 0 Å². The van der Waals surface area contributed by atoms with E-state index in [0.717, 1.165) is 0 Å². The second-order valence-electron chi connectivity index (χ2n) is 2.17. The predicted molar refractivity (Wildman–Crippen MR) is 47.6 cm³/mol. The van der Waals surface area contributed by atoms with Crippen LogP contribution in [-0.4, -0.2) is 8.96 Å². The van der Waals surface area contributed by atoms with Crippen LogP contribution in [0, 0.1) is 0 Å². The number of benzene rings is 1. The van der Waals surface area contributed by atoms with Crippen LogP contribution in [0.3, 0.4) is 0 Å². The molecule has 0 saturated carbocycles. The number of hydrogen-bond donors (Lipinski definition) is 1. The van der Waals surface area contributed by atoms with Gasteiger partial charge < -0.3 is 5.40 Å². The molecule has 0 fully saturated rings. The fraction of sp³-hybridized carbons (Fsp3) is 0. The molecule has 2 heteroatoms. The highest BCUT2D eigenvalue weighted by Gasteiger charge is 1.99. The van der Waals surface area contributed by atoms with Crippen molar-refractivity contribution >= 4 is 14.1 Å². The lowest BCUT2D eigenvalue weighted by Crippen LogP contribution is -2.37. The van der Waals surface area contributed by atoms with Gasteiger partial charge in [0.05, 0.1) is 0 Å². The third kappa shape index (κ3) is 1.56. The van der Waals surface area contributed by atoms with E-state index in [4.69, 9.17) is 5.40 Å². The number of nitrogens with two attached hydrogens (primary N) is 1. The van der Waals surface area contributed by atoms with Crippen LogP contribution < -0.4 is 10.6 Å². The molecule has 0 aliphatic rings. The molecule has 1 atom stereocenters. The lowest BCUT2D eigenvalue weighted by atomic mass is 10.4. The van der Waals surface area contributed by atoms with Gasteiger partial charge in [0, 0.05) is 0 Å². The maximum atomic E-state index is 5.82. The molecule has 2 N–H and O–H groups in total. The van der Waals surface area contributed by atoms with Crippen molar-refractivity contribution in [2.75, 3.05) is 0 Å². The summed E-state index contributed by atoms with van der Waals surface area (Å²) in [5.74, 6) is 0. The highest BCUT2D eigenvalue weighted by molar-refractivity contribution is 6.74. The van der Waals surface area contributed by atoms with E-state index in [0.29, 0.717) is 0 Å². The van der Waals surface area contributed by atoms with Gasteiger partial charge in [0.1, 0.15) is 0 Å². The van der Waals surface area contributed by atoms with Crippen LogP contribution in [0.25, 0.3) is 0 Å². The van der Waals surface area contributed by atoms with Crippen LogP contribution in [0.15, 0.2) is 42.6 Å². The van der Waals surface area contributed by atoms with Crippen molar-refractivity contribution in [1.82, 2.24) is 0 Å². The van der Waals surface area contributed by atoms with Crippen molar-refractivity contribution < 1.29 is 0 Å². The fourth-order valence-corrected chi connectivity index (χ4v) is 1.75. The Balaban J connectivity index is 2.84. The summed E-state index contributed by atoms with van der Waals surface area (Å²) in [7, 11) is -1.28. The second kappa shape index (κ2) is 3.34. The minimum absolute atomic E-state index is 1.25. The zero-order chi connectivity index (χ0) is 7.40. The van der Waals surface area contributed by atoms with Crippen molar-refractivity contribution in [2.24, 2.45) is 5.40 Å². The molecule has 1 unspecified atom stereocenters. The van der Waals surface area contributed by atoms with E-state index in [9.17, 15) is 0 Å². The lowest BCUT2D eigenvalue weighted by Gasteiger charge is -2.01. The first-order chi connectivity index (χ1) is 4.84. The van der Waals surface area contributed by atoms with Crippen molar-refractivity contribution in [3.63, 3.8) is 0 Å². The van der Waals surface area contributed by atoms with E-state index in [1.807, 2.05) is 23.9 Å². The molecule has 0 amide bonds. The van der Waals surface area contributed by atoms with Gasteiger partial charge in [-0.25, -0.2) is 0 Å². The molecule has 0 heterocycles. The molecule has 1 aromatic rings. The standard InChI is InChI=1S/C8H11NSi/c1-2-10(9)8-6-4-3-5-7-8/h2-7,10H,1,9H2. The maximum absolute atomic E-state index is 5.82. The molecule has 0 spiro atoms. The van der Waals surface area contributed by atoms with Gasteiger partial charge in [-0.2, -0.15) is 0 Å². The minimum atomic E-state index is -1.28. The lowest BCUT2D eigenvalue weighted by molar-refractivity contribution is 1.72. The van der Waals surface area contributed by atoms with Gasteiger partial charge in [-0.15, -0.1) is 6.58 Å². The van der Waals surface area contributed by atoms with E-state index < -0.39 is 8.96 Å². The van der Waals surface area contributed by atoms with E-state index in [1.54, 1.807) is 0 Å². The molecule has 10 heavy (non-hydrogen) atoms. The molecular formula is C8H11NSi. The number of rotatable bonds is 2. The number of hydrogen-bond acceptors (Lipinski definition) is 1. The summed E-state index contributed by atoms with van der Waals surface area (Å²) in [5.41, 5.74) is 1.87. The second-order valence-corrected chi connectivity index (χ2v) is 4.36. The Bertz CT molecular complexity index is 208. The van der Waals surface area contributed by atoms with Crippen LogP contribution >= 0.6 is 0 Å². The SMILES string of the molecule is C=C[SiH](N)c1ccccc1. The molecule has 0 saturated heterocycles. The summed E-state index contributed by atoms with van der Waals surface area (Å²) in [4.78, 5) is 0. The Kier molecular flexibility index (Phi) is 2.42. The molecule has 1 nitrogen and oxygen atoms in total. The third-order valence-corrected chi connectivity index (χ3v) is 3.10. The Morgan fingerprint density at radius 3 is 2.40 bits per heavy atom. The average molecular weight is 149 g/mol. The first-order valence-electron chi connectivity index (χ1n) is 3.27. The van der Waals surface area contributed by atoms with Crippen molar-refractivity contribution in [3.8, 4) is 0 Å². The highest BCUT2D eigenvalue weighted by Crippen LogP contribution is 1.83.